The molecule has 3 aromatic rings. The fourth-order valence-electron chi connectivity index (χ4n) is 1.98. The molecule has 0 aliphatic rings. The van der Waals surface area contributed by atoms with E-state index in [0.29, 0.717) is 26.6 Å². The van der Waals surface area contributed by atoms with E-state index in [-0.39, 0.29) is 12.1 Å². The van der Waals surface area contributed by atoms with Gasteiger partial charge in [0.2, 0.25) is 0 Å². The van der Waals surface area contributed by atoms with E-state index < -0.39 is 0 Å². The molecule has 21 heavy (non-hydrogen) atoms. The topological polar surface area (TPSA) is 47.8 Å². The normalized spacial score (nSPS) is 11.0. The van der Waals surface area contributed by atoms with Gasteiger partial charge >= 0.3 is 0 Å². The van der Waals surface area contributed by atoms with Crippen LogP contribution in [0.3, 0.4) is 0 Å². The van der Waals surface area contributed by atoms with E-state index in [1.165, 1.54) is 10.9 Å². The lowest BCUT2D eigenvalue weighted by Crippen LogP contribution is -2.21. The van der Waals surface area contributed by atoms with Crippen LogP contribution >= 0.6 is 39.1 Å². The van der Waals surface area contributed by atoms with Crippen LogP contribution in [0.5, 0.6) is 0 Å². The molecule has 0 N–H and O–H groups in total. The molecule has 4 nitrogen and oxygen atoms in total. The van der Waals surface area contributed by atoms with Gasteiger partial charge in [0, 0.05) is 16.2 Å². The fourth-order valence-corrected chi connectivity index (χ4v) is 2.77. The number of halogens is 3. The van der Waals surface area contributed by atoms with E-state index >= 15 is 0 Å². The van der Waals surface area contributed by atoms with E-state index in [2.05, 4.69) is 25.9 Å². The van der Waals surface area contributed by atoms with Gasteiger partial charge in [0.15, 0.2) is 0 Å². The second-order valence-corrected chi connectivity index (χ2v) is 6.15. The molecule has 0 atom stereocenters. The maximum absolute atomic E-state index is 12.5. The lowest BCUT2D eigenvalue weighted by molar-refractivity contribution is 0.745. The van der Waals surface area contributed by atoms with E-state index in [0.717, 1.165) is 4.47 Å². The Morgan fingerprint density at radius 3 is 2.76 bits per heavy atom. The monoisotopic (exact) mass is 383 g/mol. The van der Waals surface area contributed by atoms with Gasteiger partial charge in [0.25, 0.3) is 5.56 Å². The standard InChI is InChI=1S/C14H8BrCl2N3O/c15-9-1-2-12-10(3-9)14(21)20(7-19-12)6-8-5-18-13(17)4-11(8)16/h1-5,7H,6H2. The minimum Gasteiger partial charge on any atom is -0.294 e. The van der Waals surface area contributed by atoms with Crippen LogP contribution in [0.4, 0.5) is 0 Å². The summed E-state index contributed by atoms with van der Waals surface area (Å²) in [5.74, 6) is 0. The van der Waals surface area contributed by atoms with E-state index in [1.54, 1.807) is 24.4 Å². The summed E-state index contributed by atoms with van der Waals surface area (Å²) in [6.07, 6.45) is 3.06. The van der Waals surface area contributed by atoms with Gasteiger partial charge in [0.05, 0.1) is 28.8 Å². The van der Waals surface area contributed by atoms with Gasteiger partial charge in [-0.3, -0.25) is 9.36 Å². The van der Waals surface area contributed by atoms with Crippen molar-refractivity contribution >= 4 is 50.0 Å². The number of aromatic nitrogens is 3. The summed E-state index contributed by atoms with van der Waals surface area (Å²) in [5.41, 5.74) is 1.23. The second kappa shape index (κ2) is 5.75. The van der Waals surface area contributed by atoms with Crippen LogP contribution in [0.1, 0.15) is 5.56 Å². The van der Waals surface area contributed by atoms with Crippen molar-refractivity contribution in [2.75, 3.05) is 0 Å². The highest BCUT2D eigenvalue weighted by molar-refractivity contribution is 9.10. The fraction of sp³-hybridized carbons (Fsp3) is 0.0714. The van der Waals surface area contributed by atoms with Crippen LogP contribution in [0.25, 0.3) is 10.9 Å². The highest BCUT2D eigenvalue weighted by atomic mass is 79.9. The third kappa shape index (κ3) is 2.95. The lowest BCUT2D eigenvalue weighted by Gasteiger charge is -2.08. The predicted octanol–water partition coefficient (Wildman–Crippen LogP) is 3.91. The van der Waals surface area contributed by atoms with Gasteiger partial charge in [-0.15, -0.1) is 0 Å². The second-order valence-electron chi connectivity index (χ2n) is 4.44. The molecule has 1 aromatic carbocycles. The molecule has 2 heterocycles. The molecule has 0 saturated carbocycles. The van der Waals surface area contributed by atoms with Gasteiger partial charge in [-0.25, -0.2) is 9.97 Å². The van der Waals surface area contributed by atoms with E-state index in [1.807, 2.05) is 6.07 Å². The minimum atomic E-state index is -0.132. The third-order valence-corrected chi connectivity index (χ3v) is 4.07. The molecule has 2 aromatic heterocycles. The van der Waals surface area contributed by atoms with Gasteiger partial charge in [-0.05, 0) is 24.3 Å². The summed E-state index contributed by atoms with van der Waals surface area (Å²) < 4.78 is 2.32. The summed E-state index contributed by atoms with van der Waals surface area (Å²) in [5, 5.41) is 1.33. The summed E-state index contributed by atoms with van der Waals surface area (Å²) >= 11 is 15.2. The molecule has 0 spiro atoms. The van der Waals surface area contributed by atoms with Crippen molar-refractivity contribution in [2.45, 2.75) is 6.54 Å². The van der Waals surface area contributed by atoms with Crippen molar-refractivity contribution in [1.82, 2.24) is 14.5 Å². The average Bonchev–Trinajstić information content (AvgIpc) is 2.45. The van der Waals surface area contributed by atoms with Gasteiger partial charge in [-0.1, -0.05) is 39.1 Å². The zero-order chi connectivity index (χ0) is 15.0. The molecule has 0 saturated heterocycles. The Balaban J connectivity index is 2.09. The SMILES string of the molecule is O=c1c2cc(Br)ccc2ncn1Cc1cnc(Cl)cc1Cl. The number of fused-ring (bicyclic) bond motifs is 1. The zero-order valence-electron chi connectivity index (χ0n) is 10.6. The number of pyridine rings is 1. The Bertz CT molecular complexity index is 895. The van der Waals surface area contributed by atoms with Crippen molar-refractivity contribution in [1.29, 1.82) is 0 Å². The van der Waals surface area contributed by atoms with Crippen molar-refractivity contribution in [3.63, 3.8) is 0 Å². The van der Waals surface area contributed by atoms with Crippen LogP contribution in [0, 0.1) is 0 Å². The largest absolute Gasteiger partial charge is 0.294 e. The average molecular weight is 385 g/mol. The highest BCUT2D eigenvalue weighted by Gasteiger charge is 2.08. The molecule has 106 valence electrons. The number of nitrogens with zero attached hydrogens (tertiary/aromatic N) is 3. The van der Waals surface area contributed by atoms with Crippen LogP contribution in [-0.4, -0.2) is 14.5 Å². The Kier molecular flexibility index (Phi) is 3.97. The molecule has 3 rings (SSSR count). The van der Waals surface area contributed by atoms with Crippen molar-refractivity contribution < 1.29 is 0 Å². The summed E-state index contributed by atoms with van der Waals surface area (Å²) in [7, 11) is 0. The first-order chi connectivity index (χ1) is 10.0. The van der Waals surface area contributed by atoms with Crippen molar-refractivity contribution in [2.24, 2.45) is 0 Å². The number of hydrogen-bond acceptors (Lipinski definition) is 3. The maximum Gasteiger partial charge on any atom is 0.261 e. The lowest BCUT2D eigenvalue weighted by atomic mass is 10.2. The molecule has 7 heteroatoms. The van der Waals surface area contributed by atoms with Gasteiger partial charge < -0.3 is 0 Å². The van der Waals surface area contributed by atoms with E-state index in [9.17, 15) is 4.79 Å². The molecule has 0 bridgehead atoms. The van der Waals surface area contributed by atoms with Crippen molar-refractivity contribution in [3.05, 3.63) is 67.4 Å². The minimum absolute atomic E-state index is 0.132. The molecule has 0 aliphatic heterocycles. The molecule has 0 aliphatic carbocycles. The quantitative estimate of drug-likeness (QED) is 0.629. The van der Waals surface area contributed by atoms with Crippen molar-refractivity contribution in [3.8, 4) is 0 Å². The zero-order valence-corrected chi connectivity index (χ0v) is 13.7. The third-order valence-electron chi connectivity index (χ3n) is 3.02. The predicted molar refractivity (Wildman–Crippen MR) is 87.1 cm³/mol. The Hall–Kier alpha value is -1.43. The van der Waals surface area contributed by atoms with E-state index in [4.69, 9.17) is 23.2 Å². The summed E-state index contributed by atoms with van der Waals surface area (Å²) in [6, 6.07) is 6.94. The molecule has 0 radical (unpaired) electrons. The first-order valence-electron chi connectivity index (χ1n) is 5.99. The molecule has 0 amide bonds. The number of benzene rings is 1. The Labute approximate surface area is 138 Å². The van der Waals surface area contributed by atoms with Gasteiger partial charge in [-0.2, -0.15) is 0 Å². The van der Waals surface area contributed by atoms with Gasteiger partial charge in [0.1, 0.15) is 5.15 Å². The highest BCUT2D eigenvalue weighted by Crippen LogP contribution is 2.20. The first kappa shape index (κ1) is 14.5. The van der Waals surface area contributed by atoms with Crippen LogP contribution in [0.2, 0.25) is 10.2 Å². The molecular weight excluding hydrogens is 377 g/mol. The van der Waals surface area contributed by atoms with Crippen LogP contribution < -0.4 is 5.56 Å². The Morgan fingerprint density at radius 2 is 2.00 bits per heavy atom. The summed E-state index contributed by atoms with van der Waals surface area (Å²) in [6.45, 7) is 0.289. The Morgan fingerprint density at radius 1 is 1.19 bits per heavy atom. The van der Waals surface area contributed by atoms with Crippen LogP contribution in [0.15, 0.2) is 46.1 Å². The number of rotatable bonds is 2. The molecular formula is C14H8BrCl2N3O. The first-order valence-corrected chi connectivity index (χ1v) is 7.54. The van der Waals surface area contributed by atoms with Crippen LogP contribution in [-0.2, 0) is 6.54 Å². The smallest absolute Gasteiger partial charge is 0.261 e. The number of hydrogen-bond donors (Lipinski definition) is 0. The molecule has 0 unspecified atom stereocenters. The summed E-state index contributed by atoms with van der Waals surface area (Å²) in [4.78, 5) is 20.7. The molecule has 0 fully saturated rings. The maximum atomic E-state index is 12.5.